The highest BCUT2D eigenvalue weighted by Gasteiger charge is 2.18. The van der Waals surface area contributed by atoms with Crippen molar-refractivity contribution < 1.29 is 10.2 Å². The van der Waals surface area contributed by atoms with Crippen molar-refractivity contribution in [2.45, 2.75) is 13.5 Å². The average Bonchev–Trinajstić information content (AvgIpc) is 3.11. The lowest BCUT2D eigenvalue weighted by atomic mass is 9.84. The lowest BCUT2D eigenvalue weighted by Crippen LogP contribution is -1.93. The van der Waals surface area contributed by atoms with Crippen LogP contribution >= 0.6 is 0 Å². The van der Waals surface area contributed by atoms with Gasteiger partial charge >= 0.3 is 0 Å². The van der Waals surface area contributed by atoms with E-state index in [0.29, 0.717) is 0 Å². The molecule has 4 nitrogen and oxygen atoms in total. The zero-order chi connectivity index (χ0) is 32.5. The number of nitrogens with zero attached hydrogens (tertiary/aromatic N) is 1. The van der Waals surface area contributed by atoms with Crippen molar-refractivity contribution in [3.05, 3.63) is 157 Å². The zero-order valence-electron chi connectivity index (χ0n) is 26.2. The topological polar surface area (TPSA) is 78.8 Å². The first-order chi connectivity index (χ1) is 22.6. The summed E-state index contributed by atoms with van der Waals surface area (Å²) in [5.41, 5.74) is 13.9. The second kappa shape index (κ2) is 15.0. The molecule has 0 unspecified atom stereocenters. The Hall–Kier alpha value is -5.55. The van der Waals surface area contributed by atoms with Crippen molar-refractivity contribution in [2.24, 2.45) is 10.7 Å². The van der Waals surface area contributed by atoms with E-state index in [4.69, 9.17) is 5.11 Å². The number of aliphatic imine (C=N–C) groups is 1. The van der Waals surface area contributed by atoms with Gasteiger partial charge in [-0.2, -0.15) is 0 Å². The lowest BCUT2D eigenvalue weighted by Gasteiger charge is -2.19. The minimum absolute atomic E-state index is 0.0213. The van der Waals surface area contributed by atoms with E-state index < -0.39 is 0 Å². The summed E-state index contributed by atoms with van der Waals surface area (Å²) < 4.78 is 0. The molecule has 0 aromatic heterocycles. The lowest BCUT2D eigenvalue weighted by molar-refractivity contribution is 0.282. The fourth-order valence-corrected chi connectivity index (χ4v) is 6.02. The first-order valence-electron chi connectivity index (χ1n) is 15.2. The summed E-state index contributed by atoms with van der Waals surface area (Å²) in [6, 6.07) is 48.0. The minimum atomic E-state index is 0.0213. The zero-order valence-corrected chi connectivity index (χ0v) is 26.2. The van der Waals surface area contributed by atoms with E-state index in [0.717, 1.165) is 17.4 Å². The molecule has 0 heterocycles. The molecule has 0 spiro atoms. The summed E-state index contributed by atoms with van der Waals surface area (Å²) in [4.78, 5) is 3.17. The van der Waals surface area contributed by atoms with Crippen molar-refractivity contribution in [1.29, 1.82) is 0 Å². The summed E-state index contributed by atoms with van der Waals surface area (Å²) in [5.74, 6) is 0. The second-order valence-corrected chi connectivity index (χ2v) is 10.8. The molecule has 0 radical (unpaired) electrons. The van der Waals surface area contributed by atoms with Gasteiger partial charge in [0.1, 0.15) is 0 Å². The van der Waals surface area contributed by atoms with E-state index in [9.17, 15) is 5.11 Å². The number of hydrogen-bond acceptors (Lipinski definition) is 4. The van der Waals surface area contributed by atoms with Gasteiger partial charge in [0.2, 0.25) is 0 Å². The fraction of sp³-hybridized carbons (Fsp3) is 0.0714. The number of fused-ring (bicyclic) bond motifs is 3. The molecule has 0 fully saturated rings. The van der Waals surface area contributed by atoms with Gasteiger partial charge in [0.25, 0.3) is 0 Å². The predicted octanol–water partition coefficient (Wildman–Crippen LogP) is 10.2. The SMILES string of the molecule is C=N/C=C\O.CN.Cc1cccc(-c2c3ccccc3c(-c3cccc(CO)c3)c3cc(-c4ccc5ccccc5c4)ccc23)c1. The first-order valence-corrected chi connectivity index (χ1v) is 15.2. The summed E-state index contributed by atoms with van der Waals surface area (Å²) in [7, 11) is 1.50. The standard InChI is InChI=1S/C38H28O.C3H5NO.CH5N/c1-25-8-6-12-31(20-25)37-33-14-4-5-15-34(33)38(32-13-7-9-26(21-32)24-39)36-23-30(18-19-35(36)37)29-17-16-27-10-2-3-11-28(27)22-29;1-4-2-3-5;1-2/h2-23,39H,24H2,1H3;2-3,5H,1H2;2H2,1H3/b;3-2-;. The van der Waals surface area contributed by atoms with Crippen molar-refractivity contribution in [3.8, 4) is 33.4 Å². The van der Waals surface area contributed by atoms with Crippen LogP contribution < -0.4 is 5.73 Å². The molecule has 7 aromatic rings. The van der Waals surface area contributed by atoms with E-state index in [1.165, 1.54) is 78.9 Å². The molecule has 46 heavy (non-hydrogen) atoms. The number of rotatable bonds is 5. The van der Waals surface area contributed by atoms with Crippen LogP contribution in [0.25, 0.3) is 65.7 Å². The Balaban J connectivity index is 0.000000546. The van der Waals surface area contributed by atoms with Gasteiger partial charge in [-0.1, -0.05) is 121 Å². The van der Waals surface area contributed by atoms with Gasteiger partial charge in [-0.15, -0.1) is 0 Å². The van der Waals surface area contributed by atoms with Crippen LogP contribution in [0, 0.1) is 6.92 Å². The summed E-state index contributed by atoms with van der Waals surface area (Å²) in [5, 5.41) is 25.1. The average molecular weight is 603 g/mol. The van der Waals surface area contributed by atoms with Crippen LogP contribution in [0.5, 0.6) is 0 Å². The van der Waals surface area contributed by atoms with Crippen LogP contribution in [0.4, 0.5) is 0 Å². The Kier molecular flexibility index (Phi) is 10.4. The third kappa shape index (κ3) is 6.59. The smallest absolute Gasteiger partial charge is 0.0974 e. The normalized spacial score (nSPS) is 10.8. The van der Waals surface area contributed by atoms with Gasteiger partial charge in [-0.25, -0.2) is 0 Å². The van der Waals surface area contributed by atoms with Crippen molar-refractivity contribution in [2.75, 3.05) is 7.05 Å². The maximum Gasteiger partial charge on any atom is 0.0974 e. The first kappa shape index (κ1) is 31.9. The highest BCUT2D eigenvalue weighted by Crippen LogP contribution is 2.45. The Morgan fingerprint density at radius 2 is 1.17 bits per heavy atom. The van der Waals surface area contributed by atoms with Gasteiger partial charge in [0.15, 0.2) is 0 Å². The second-order valence-electron chi connectivity index (χ2n) is 10.8. The molecular weight excluding hydrogens is 564 g/mol. The van der Waals surface area contributed by atoms with Crippen LogP contribution in [-0.4, -0.2) is 24.0 Å². The molecular formula is C42H38N2O2. The van der Waals surface area contributed by atoms with Crippen LogP contribution in [0.3, 0.4) is 0 Å². The third-order valence-corrected chi connectivity index (χ3v) is 7.98. The molecule has 228 valence electrons. The predicted molar refractivity (Wildman–Crippen MR) is 197 cm³/mol. The third-order valence-electron chi connectivity index (χ3n) is 7.98. The van der Waals surface area contributed by atoms with Crippen LogP contribution in [0.1, 0.15) is 11.1 Å². The molecule has 0 saturated heterocycles. The molecule has 0 aliphatic heterocycles. The molecule has 4 N–H and O–H groups in total. The van der Waals surface area contributed by atoms with Gasteiger partial charge in [-0.3, -0.25) is 4.99 Å². The van der Waals surface area contributed by atoms with Gasteiger partial charge in [-0.05, 0) is 110 Å². The molecule has 0 aliphatic rings. The molecule has 4 heteroatoms. The van der Waals surface area contributed by atoms with E-state index >= 15 is 0 Å². The summed E-state index contributed by atoms with van der Waals surface area (Å²) in [6.07, 6.45) is 2.02. The monoisotopic (exact) mass is 602 g/mol. The highest BCUT2D eigenvalue weighted by molar-refractivity contribution is 6.22. The molecule has 0 bridgehead atoms. The Morgan fingerprint density at radius 1 is 0.587 bits per heavy atom. The van der Waals surface area contributed by atoms with Crippen LogP contribution in [-0.2, 0) is 6.61 Å². The Labute approximate surface area is 270 Å². The molecule has 0 aliphatic carbocycles. The number of aliphatic hydroxyl groups excluding tert-OH is 2. The number of aliphatic hydroxyl groups is 2. The largest absolute Gasteiger partial charge is 0.514 e. The number of benzene rings is 7. The number of aryl methyl sites for hydroxylation is 1. The number of hydrogen-bond donors (Lipinski definition) is 3. The minimum Gasteiger partial charge on any atom is -0.514 e. The molecule has 7 aromatic carbocycles. The van der Waals surface area contributed by atoms with Crippen molar-refractivity contribution in [3.63, 3.8) is 0 Å². The summed E-state index contributed by atoms with van der Waals surface area (Å²) >= 11 is 0. The Bertz CT molecular complexity index is 2160. The van der Waals surface area contributed by atoms with E-state index in [-0.39, 0.29) is 6.61 Å². The quantitative estimate of drug-likeness (QED) is 0.104. The van der Waals surface area contributed by atoms with Crippen molar-refractivity contribution in [1.82, 2.24) is 0 Å². The highest BCUT2D eigenvalue weighted by atomic mass is 16.3. The van der Waals surface area contributed by atoms with Crippen molar-refractivity contribution >= 4 is 39.0 Å². The Morgan fingerprint density at radius 3 is 1.83 bits per heavy atom. The van der Waals surface area contributed by atoms with E-state index in [1.807, 2.05) is 12.1 Å². The molecule has 0 atom stereocenters. The molecule has 7 rings (SSSR count). The van der Waals surface area contributed by atoms with Crippen LogP contribution in [0.15, 0.2) is 151 Å². The molecule has 0 saturated carbocycles. The van der Waals surface area contributed by atoms with Gasteiger partial charge < -0.3 is 15.9 Å². The maximum absolute atomic E-state index is 9.93. The van der Waals surface area contributed by atoms with Gasteiger partial charge in [0.05, 0.1) is 19.1 Å². The van der Waals surface area contributed by atoms with Gasteiger partial charge in [0, 0.05) is 0 Å². The number of nitrogens with two attached hydrogens (primary N) is 1. The fourth-order valence-electron chi connectivity index (χ4n) is 6.02. The van der Waals surface area contributed by atoms with Crippen LogP contribution in [0.2, 0.25) is 0 Å². The van der Waals surface area contributed by atoms with E-state index in [1.54, 1.807) is 0 Å². The maximum atomic E-state index is 9.93. The summed E-state index contributed by atoms with van der Waals surface area (Å²) in [6.45, 7) is 5.23. The molecule has 0 amide bonds. The van der Waals surface area contributed by atoms with E-state index in [2.05, 4.69) is 146 Å².